The highest BCUT2D eigenvalue weighted by Crippen LogP contribution is 2.27. The second-order valence-corrected chi connectivity index (χ2v) is 7.21. The molecular formula is C14H22ClFN2O2S. The number of rotatable bonds is 3. The minimum absolute atomic E-state index is 0. The third-order valence-corrected chi connectivity index (χ3v) is 6.09. The van der Waals surface area contributed by atoms with Crippen molar-refractivity contribution in [3.8, 4) is 0 Å². The summed E-state index contributed by atoms with van der Waals surface area (Å²) in [5.41, 5.74) is 0.941. The van der Waals surface area contributed by atoms with Gasteiger partial charge < -0.3 is 5.32 Å². The van der Waals surface area contributed by atoms with Crippen LogP contribution < -0.4 is 5.32 Å². The molecule has 1 N–H and O–H groups in total. The van der Waals surface area contributed by atoms with Crippen LogP contribution >= 0.6 is 12.4 Å². The molecular weight excluding hydrogens is 315 g/mol. The number of piperidine rings is 1. The van der Waals surface area contributed by atoms with Crippen molar-refractivity contribution in [2.75, 3.05) is 20.1 Å². The van der Waals surface area contributed by atoms with Gasteiger partial charge in [0.05, 0.1) is 4.90 Å². The topological polar surface area (TPSA) is 49.4 Å². The van der Waals surface area contributed by atoms with Crippen molar-refractivity contribution < 1.29 is 12.8 Å². The average molecular weight is 337 g/mol. The Morgan fingerprint density at radius 2 is 1.67 bits per heavy atom. The molecule has 1 aliphatic heterocycles. The standard InChI is InChI=1S/C14H21FN2O2S.ClH/c1-10-8-12(15)9-11(2)14(10)20(18,19)17-6-4-13(16-3)5-7-17;/h8-9,13,16H,4-7H2,1-3H3;1H. The van der Waals surface area contributed by atoms with Crippen molar-refractivity contribution in [1.82, 2.24) is 9.62 Å². The number of hydrogen-bond donors (Lipinski definition) is 1. The molecule has 0 unspecified atom stereocenters. The van der Waals surface area contributed by atoms with E-state index < -0.39 is 15.8 Å². The van der Waals surface area contributed by atoms with Crippen molar-refractivity contribution in [2.45, 2.75) is 37.6 Å². The smallest absolute Gasteiger partial charge is 0.243 e. The zero-order valence-electron chi connectivity index (χ0n) is 12.5. The van der Waals surface area contributed by atoms with E-state index in [-0.39, 0.29) is 17.3 Å². The largest absolute Gasteiger partial charge is 0.317 e. The Kier molecular flexibility index (Phi) is 6.16. The molecule has 1 fully saturated rings. The van der Waals surface area contributed by atoms with Crippen molar-refractivity contribution >= 4 is 22.4 Å². The van der Waals surface area contributed by atoms with E-state index in [4.69, 9.17) is 0 Å². The maximum atomic E-state index is 13.3. The van der Waals surface area contributed by atoms with Gasteiger partial charge in [-0.1, -0.05) is 0 Å². The van der Waals surface area contributed by atoms with Crippen LogP contribution in [0.5, 0.6) is 0 Å². The van der Waals surface area contributed by atoms with E-state index in [0.717, 1.165) is 12.8 Å². The summed E-state index contributed by atoms with van der Waals surface area (Å²) in [7, 11) is -1.64. The first-order chi connectivity index (χ1) is 9.36. The Morgan fingerprint density at radius 3 is 2.10 bits per heavy atom. The van der Waals surface area contributed by atoms with Gasteiger partial charge in [0.15, 0.2) is 0 Å². The number of sulfonamides is 1. The normalized spacial score (nSPS) is 17.5. The third kappa shape index (κ3) is 3.74. The summed E-state index contributed by atoms with van der Waals surface area (Å²) in [5, 5.41) is 3.17. The average Bonchev–Trinajstić information content (AvgIpc) is 2.37. The molecule has 1 aliphatic rings. The lowest BCUT2D eigenvalue weighted by atomic mass is 10.1. The predicted octanol–water partition coefficient (Wildman–Crippen LogP) is 2.24. The first kappa shape index (κ1) is 18.4. The van der Waals surface area contributed by atoms with Crippen LogP contribution in [0.2, 0.25) is 0 Å². The van der Waals surface area contributed by atoms with Gasteiger partial charge in [0.1, 0.15) is 5.82 Å². The summed E-state index contributed by atoms with van der Waals surface area (Å²) in [6, 6.07) is 2.93. The summed E-state index contributed by atoms with van der Waals surface area (Å²) >= 11 is 0. The highest BCUT2D eigenvalue weighted by molar-refractivity contribution is 7.89. The molecule has 0 amide bonds. The molecule has 7 heteroatoms. The van der Waals surface area contributed by atoms with Gasteiger partial charge in [-0.15, -0.1) is 12.4 Å². The van der Waals surface area contributed by atoms with E-state index in [1.807, 2.05) is 7.05 Å². The minimum Gasteiger partial charge on any atom is -0.317 e. The molecule has 0 saturated carbocycles. The van der Waals surface area contributed by atoms with Gasteiger partial charge in [-0.05, 0) is 57.0 Å². The van der Waals surface area contributed by atoms with Gasteiger partial charge in [-0.25, -0.2) is 12.8 Å². The number of hydrogen-bond acceptors (Lipinski definition) is 3. The van der Waals surface area contributed by atoms with E-state index in [9.17, 15) is 12.8 Å². The maximum Gasteiger partial charge on any atom is 0.243 e. The minimum atomic E-state index is -3.53. The molecule has 0 atom stereocenters. The second-order valence-electron chi connectivity index (χ2n) is 5.34. The lowest BCUT2D eigenvalue weighted by Crippen LogP contribution is -2.44. The van der Waals surface area contributed by atoms with Gasteiger partial charge in [-0.3, -0.25) is 0 Å². The summed E-state index contributed by atoms with van der Waals surface area (Å²) < 4.78 is 40.3. The molecule has 0 bridgehead atoms. The van der Waals surface area contributed by atoms with E-state index in [2.05, 4.69) is 5.32 Å². The van der Waals surface area contributed by atoms with E-state index in [1.165, 1.54) is 16.4 Å². The molecule has 0 spiro atoms. The van der Waals surface area contributed by atoms with Crippen LogP contribution in [0.15, 0.2) is 17.0 Å². The monoisotopic (exact) mass is 336 g/mol. The third-order valence-electron chi connectivity index (χ3n) is 3.89. The molecule has 2 rings (SSSR count). The fourth-order valence-electron chi connectivity index (χ4n) is 2.82. The first-order valence-corrected chi connectivity index (χ1v) is 8.24. The SMILES string of the molecule is CNC1CCN(S(=O)(=O)c2c(C)cc(F)cc2C)CC1.Cl. The van der Waals surface area contributed by atoms with Gasteiger partial charge in [0.25, 0.3) is 0 Å². The van der Waals surface area contributed by atoms with E-state index in [1.54, 1.807) is 13.8 Å². The number of halogens is 2. The van der Waals surface area contributed by atoms with Gasteiger partial charge >= 0.3 is 0 Å². The Labute approximate surface area is 132 Å². The van der Waals surface area contributed by atoms with E-state index in [0.29, 0.717) is 30.3 Å². The fourth-order valence-corrected chi connectivity index (χ4v) is 4.70. The maximum absolute atomic E-state index is 13.3. The molecule has 120 valence electrons. The molecule has 1 saturated heterocycles. The number of aryl methyl sites for hydroxylation is 2. The highest BCUT2D eigenvalue weighted by atomic mass is 35.5. The van der Waals surface area contributed by atoms with Crippen molar-refractivity contribution in [3.63, 3.8) is 0 Å². The Bertz CT molecular complexity index is 576. The molecule has 1 aromatic rings. The highest BCUT2D eigenvalue weighted by Gasteiger charge is 2.31. The zero-order valence-corrected chi connectivity index (χ0v) is 14.2. The first-order valence-electron chi connectivity index (χ1n) is 6.80. The van der Waals surface area contributed by atoms with Crippen LogP contribution in [0.25, 0.3) is 0 Å². The van der Waals surface area contributed by atoms with Gasteiger partial charge in [0.2, 0.25) is 10.0 Å². The molecule has 21 heavy (non-hydrogen) atoms. The van der Waals surface area contributed by atoms with Crippen LogP contribution in [-0.2, 0) is 10.0 Å². The molecule has 4 nitrogen and oxygen atoms in total. The molecule has 1 heterocycles. The molecule has 0 aromatic heterocycles. The van der Waals surface area contributed by atoms with Crippen LogP contribution in [0.3, 0.4) is 0 Å². The summed E-state index contributed by atoms with van der Waals surface area (Å²) in [4.78, 5) is 0.252. The predicted molar refractivity (Wildman–Crippen MR) is 84.0 cm³/mol. The van der Waals surface area contributed by atoms with Gasteiger partial charge in [0, 0.05) is 19.1 Å². The van der Waals surface area contributed by atoms with Crippen LogP contribution in [0.4, 0.5) is 4.39 Å². The summed E-state index contributed by atoms with van der Waals surface area (Å²) in [6.07, 6.45) is 1.60. The fraction of sp³-hybridized carbons (Fsp3) is 0.571. The van der Waals surface area contributed by atoms with E-state index >= 15 is 0 Å². The van der Waals surface area contributed by atoms with Crippen LogP contribution in [0.1, 0.15) is 24.0 Å². The van der Waals surface area contributed by atoms with Crippen molar-refractivity contribution in [2.24, 2.45) is 0 Å². The van der Waals surface area contributed by atoms with Crippen LogP contribution in [0, 0.1) is 19.7 Å². The number of benzene rings is 1. The Hall–Kier alpha value is -0.690. The second kappa shape index (κ2) is 7.05. The summed E-state index contributed by atoms with van der Waals surface area (Å²) in [6.45, 7) is 4.29. The lowest BCUT2D eigenvalue weighted by molar-refractivity contribution is 0.298. The lowest BCUT2D eigenvalue weighted by Gasteiger charge is -2.31. The zero-order chi connectivity index (χ0) is 14.9. The summed E-state index contributed by atoms with van der Waals surface area (Å²) in [5.74, 6) is -0.396. The van der Waals surface area contributed by atoms with Crippen molar-refractivity contribution in [3.05, 3.63) is 29.1 Å². The molecule has 1 aromatic carbocycles. The number of nitrogens with one attached hydrogen (secondary N) is 1. The van der Waals surface area contributed by atoms with Crippen molar-refractivity contribution in [1.29, 1.82) is 0 Å². The Morgan fingerprint density at radius 1 is 1.19 bits per heavy atom. The molecule has 0 aliphatic carbocycles. The van der Waals surface area contributed by atoms with Gasteiger partial charge in [-0.2, -0.15) is 4.31 Å². The molecule has 0 radical (unpaired) electrons. The van der Waals surface area contributed by atoms with Crippen LogP contribution in [-0.4, -0.2) is 38.9 Å². The Balaban J connectivity index is 0.00000220. The number of nitrogens with zero attached hydrogens (tertiary/aromatic N) is 1. The quantitative estimate of drug-likeness (QED) is 0.921.